The van der Waals surface area contributed by atoms with E-state index in [0.717, 1.165) is 6.07 Å². The molecular formula is C11H15FN2O2. The summed E-state index contributed by atoms with van der Waals surface area (Å²) in [6, 6.07) is 3.27. The third-order valence-electron chi connectivity index (χ3n) is 2.09. The van der Waals surface area contributed by atoms with E-state index in [2.05, 4.69) is 0 Å². The van der Waals surface area contributed by atoms with E-state index in [1.807, 2.05) is 0 Å². The quantitative estimate of drug-likeness (QED) is 0.806. The van der Waals surface area contributed by atoms with E-state index in [4.69, 9.17) is 10.8 Å². The van der Waals surface area contributed by atoms with Gasteiger partial charge in [-0.25, -0.2) is 4.39 Å². The molecule has 1 aromatic rings. The Morgan fingerprint density at radius 1 is 1.62 bits per heavy atom. The number of halogens is 1. The van der Waals surface area contributed by atoms with Crippen molar-refractivity contribution in [2.24, 2.45) is 5.73 Å². The number of benzene rings is 1. The van der Waals surface area contributed by atoms with E-state index in [9.17, 15) is 9.18 Å². The molecule has 0 spiro atoms. The number of nitrogens with two attached hydrogens (primary N) is 1. The van der Waals surface area contributed by atoms with E-state index < -0.39 is 11.7 Å². The fraction of sp³-hybridized carbons (Fsp3) is 0.364. The average molecular weight is 226 g/mol. The van der Waals surface area contributed by atoms with Crippen LogP contribution in [0.3, 0.4) is 0 Å². The lowest BCUT2D eigenvalue weighted by atomic mass is 10.1. The van der Waals surface area contributed by atoms with Crippen molar-refractivity contribution >= 4 is 5.91 Å². The topological polar surface area (TPSA) is 66.6 Å². The van der Waals surface area contributed by atoms with Gasteiger partial charge in [0.05, 0.1) is 5.56 Å². The van der Waals surface area contributed by atoms with Crippen LogP contribution >= 0.6 is 0 Å². The fourth-order valence-electron chi connectivity index (χ4n) is 1.40. The standard InChI is InChI=1S/C11H15FN2O2/c1-7(13)6-14(2)11(16)9-4-3-8(15)5-10(9)12/h3-5,7,15H,6,13H2,1-2H3. The number of carbonyl (C=O) groups is 1. The Labute approximate surface area is 93.5 Å². The zero-order valence-corrected chi connectivity index (χ0v) is 9.27. The molecule has 0 aliphatic carbocycles. The molecule has 1 aromatic carbocycles. The molecule has 16 heavy (non-hydrogen) atoms. The monoisotopic (exact) mass is 226 g/mol. The van der Waals surface area contributed by atoms with Gasteiger partial charge in [-0.2, -0.15) is 0 Å². The van der Waals surface area contributed by atoms with E-state index in [1.165, 1.54) is 17.0 Å². The summed E-state index contributed by atoms with van der Waals surface area (Å²) in [7, 11) is 1.55. The molecule has 1 rings (SSSR count). The largest absolute Gasteiger partial charge is 0.508 e. The van der Waals surface area contributed by atoms with Crippen LogP contribution in [-0.4, -0.2) is 35.5 Å². The Bertz CT molecular complexity index is 394. The molecule has 88 valence electrons. The van der Waals surface area contributed by atoms with Gasteiger partial charge in [-0.15, -0.1) is 0 Å². The third-order valence-corrected chi connectivity index (χ3v) is 2.09. The lowest BCUT2D eigenvalue weighted by Gasteiger charge is -2.19. The van der Waals surface area contributed by atoms with Crippen LogP contribution in [0, 0.1) is 5.82 Å². The summed E-state index contributed by atoms with van der Waals surface area (Å²) in [5.74, 6) is -1.39. The summed E-state index contributed by atoms with van der Waals surface area (Å²) in [6.45, 7) is 2.11. The summed E-state index contributed by atoms with van der Waals surface area (Å²) in [5, 5.41) is 9.02. The summed E-state index contributed by atoms with van der Waals surface area (Å²) >= 11 is 0. The summed E-state index contributed by atoms with van der Waals surface area (Å²) in [5.41, 5.74) is 5.48. The Hall–Kier alpha value is -1.62. The maximum absolute atomic E-state index is 13.4. The van der Waals surface area contributed by atoms with Crippen LogP contribution in [0.4, 0.5) is 4.39 Å². The van der Waals surface area contributed by atoms with Crippen LogP contribution < -0.4 is 5.73 Å². The zero-order chi connectivity index (χ0) is 12.3. The van der Waals surface area contributed by atoms with Crippen molar-refractivity contribution < 1.29 is 14.3 Å². The first-order valence-corrected chi connectivity index (χ1v) is 4.91. The predicted molar refractivity (Wildman–Crippen MR) is 58.7 cm³/mol. The average Bonchev–Trinajstić information content (AvgIpc) is 2.15. The summed E-state index contributed by atoms with van der Waals surface area (Å²) in [4.78, 5) is 13.1. The maximum Gasteiger partial charge on any atom is 0.256 e. The Kier molecular flexibility index (Phi) is 3.84. The number of amides is 1. The Balaban J connectivity index is 2.88. The second-order valence-electron chi connectivity index (χ2n) is 3.83. The minimum absolute atomic E-state index is 0.0686. The van der Waals surface area contributed by atoms with Crippen molar-refractivity contribution in [3.8, 4) is 5.75 Å². The summed E-state index contributed by atoms with van der Waals surface area (Å²) in [6.07, 6.45) is 0. The molecule has 0 bridgehead atoms. The maximum atomic E-state index is 13.4. The van der Waals surface area contributed by atoms with Gasteiger partial charge < -0.3 is 15.7 Å². The lowest BCUT2D eigenvalue weighted by molar-refractivity contribution is 0.0784. The molecule has 1 amide bonds. The molecule has 4 nitrogen and oxygen atoms in total. The number of hydrogen-bond donors (Lipinski definition) is 2. The molecule has 0 heterocycles. The van der Waals surface area contributed by atoms with Gasteiger partial charge in [0, 0.05) is 25.7 Å². The number of aromatic hydroxyl groups is 1. The zero-order valence-electron chi connectivity index (χ0n) is 9.27. The SMILES string of the molecule is CC(N)CN(C)C(=O)c1ccc(O)cc1F. The first-order chi connectivity index (χ1) is 7.41. The molecule has 0 radical (unpaired) electrons. The van der Waals surface area contributed by atoms with Gasteiger partial charge in [-0.05, 0) is 19.1 Å². The van der Waals surface area contributed by atoms with Crippen LogP contribution in [0.2, 0.25) is 0 Å². The summed E-state index contributed by atoms with van der Waals surface area (Å²) < 4.78 is 13.4. The van der Waals surface area contributed by atoms with Crippen molar-refractivity contribution in [1.82, 2.24) is 4.90 Å². The molecule has 0 aromatic heterocycles. The molecule has 5 heteroatoms. The molecule has 1 atom stereocenters. The lowest BCUT2D eigenvalue weighted by Crippen LogP contribution is -2.37. The smallest absolute Gasteiger partial charge is 0.256 e. The number of rotatable bonds is 3. The fourth-order valence-corrected chi connectivity index (χ4v) is 1.40. The number of hydrogen-bond acceptors (Lipinski definition) is 3. The first kappa shape index (κ1) is 12.4. The molecule has 0 saturated heterocycles. The van der Waals surface area contributed by atoms with Gasteiger partial charge >= 0.3 is 0 Å². The number of likely N-dealkylation sites (N-methyl/N-ethyl adjacent to an activating group) is 1. The number of phenols is 1. The van der Waals surface area contributed by atoms with Gasteiger partial charge in [0.1, 0.15) is 11.6 Å². The molecule has 0 fully saturated rings. The van der Waals surface area contributed by atoms with Gasteiger partial charge in [0.25, 0.3) is 5.91 Å². The van der Waals surface area contributed by atoms with Gasteiger partial charge in [-0.3, -0.25) is 4.79 Å². The van der Waals surface area contributed by atoms with Crippen molar-refractivity contribution in [1.29, 1.82) is 0 Å². The molecule has 0 aliphatic heterocycles. The van der Waals surface area contributed by atoms with Crippen molar-refractivity contribution in [2.45, 2.75) is 13.0 Å². The van der Waals surface area contributed by atoms with Crippen LogP contribution in [0.25, 0.3) is 0 Å². The van der Waals surface area contributed by atoms with E-state index in [1.54, 1.807) is 14.0 Å². The molecule has 0 aliphatic rings. The minimum atomic E-state index is -0.735. The van der Waals surface area contributed by atoms with Crippen LogP contribution in [0.15, 0.2) is 18.2 Å². The highest BCUT2D eigenvalue weighted by atomic mass is 19.1. The molecule has 3 N–H and O–H groups in total. The van der Waals surface area contributed by atoms with Gasteiger partial charge in [-0.1, -0.05) is 0 Å². The highest BCUT2D eigenvalue weighted by Crippen LogP contribution is 2.16. The van der Waals surface area contributed by atoms with E-state index >= 15 is 0 Å². The number of phenolic OH excluding ortho intramolecular Hbond substituents is 1. The highest BCUT2D eigenvalue weighted by molar-refractivity contribution is 5.94. The van der Waals surface area contributed by atoms with Crippen molar-refractivity contribution in [2.75, 3.05) is 13.6 Å². The Morgan fingerprint density at radius 2 is 2.25 bits per heavy atom. The van der Waals surface area contributed by atoms with Crippen LogP contribution in [0.5, 0.6) is 5.75 Å². The van der Waals surface area contributed by atoms with Crippen LogP contribution in [0.1, 0.15) is 17.3 Å². The molecule has 0 saturated carbocycles. The Morgan fingerprint density at radius 3 is 2.75 bits per heavy atom. The second kappa shape index (κ2) is 4.94. The van der Waals surface area contributed by atoms with E-state index in [0.29, 0.717) is 6.54 Å². The van der Waals surface area contributed by atoms with E-state index in [-0.39, 0.29) is 17.4 Å². The van der Waals surface area contributed by atoms with Gasteiger partial charge in [0.2, 0.25) is 0 Å². The molecular weight excluding hydrogens is 211 g/mol. The normalized spacial score (nSPS) is 12.2. The van der Waals surface area contributed by atoms with Crippen molar-refractivity contribution in [3.63, 3.8) is 0 Å². The first-order valence-electron chi connectivity index (χ1n) is 4.91. The second-order valence-corrected chi connectivity index (χ2v) is 3.83. The number of nitrogens with zero attached hydrogens (tertiary/aromatic N) is 1. The van der Waals surface area contributed by atoms with Gasteiger partial charge in [0.15, 0.2) is 0 Å². The predicted octanol–water partition coefficient (Wildman–Crippen LogP) is 0.950. The van der Waals surface area contributed by atoms with Crippen molar-refractivity contribution in [3.05, 3.63) is 29.6 Å². The third kappa shape index (κ3) is 2.93. The van der Waals surface area contributed by atoms with Crippen LogP contribution in [-0.2, 0) is 0 Å². The highest BCUT2D eigenvalue weighted by Gasteiger charge is 2.17. The minimum Gasteiger partial charge on any atom is -0.508 e. The molecule has 1 unspecified atom stereocenters. The number of carbonyl (C=O) groups excluding carboxylic acids is 1.